The molecule has 8 heteroatoms. The Morgan fingerprint density at radius 2 is 1.77 bits per heavy atom. The van der Waals surface area contributed by atoms with Crippen LogP contribution >= 0.6 is 0 Å². The average molecular weight is 356 g/mol. The predicted molar refractivity (Wildman–Crippen MR) is 99.5 cm³/mol. The van der Waals surface area contributed by atoms with Crippen LogP contribution in [0.1, 0.15) is 18.1 Å². The van der Waals surface area contributed by atoms with Gasteiger partial charge in [0.05, 0.1) is 22.9 Å². The molecule has 0 saturated heterocycles. The molecular weight excluding hydrogens is 336 g/mol. The first-order valence-corrected chi connectivity index (χ1v) is 8.01. The number of rotatable bonds is 5. The third-order valence-electron chi connectivity index (χ3n) is 3.54. The molecule has 0 radical (unpaired) electrons. The van der Waals surface area contributed by atoms with Gasteiger partial charge in [0.1, 0.15) is 0 Å². The number of hydrogen-bond acceptors (Lipinski definition) is 6. The molecule has 0 amide bonds. The van der Waals surface area contributed by atoms with Gasteiger partial charge in [-0.3, -0.25) is 21.0 Å². The summed E-state index contributed by atoms with van der Waals surface area (Å²) in [6.45, 7) is 5.72. The van der Waals surface area contributed by atoms with Gasteiger partial charge in [-0.25, -0.2) is 9.79 Å². The number of anilines is 1. The van der Waals surface area contributed by atoms with E-state index in [2.05, 4.69) is 15.8 Å². The number of benzene rings is 2. The molecule has 0 aliphatic carbocycles. The molecular formula is C18H20N4O4. The third kappa shape index (κ3) is 4.79. The van der Waals surface area contributed by atoms with E-state index in [-0.39, 0.29) is 18.1 Å². The molecule has 0 aliphatic heterocycles. The fourth-order valence-corrected chi connectivity index (χ4v) is 2.22. The molecule has 2 N–H and O–H groups in total. The molecule has 26 heavy (non-hydrogen) atoms. The number of non-ortho nitro benzene ring substituents is 1. The van der Waals surface area contributed by atoms with Crippen LogP contribution in [0.5, 0.6) is 0 Å². The zero-order valence-corrected chi connectivity index (χ0v) is 14.8. The average Bonchev–Trinajstić information content (AvgIpc) is 2.61. The molecule has 2 rings (SSSR count). The summed E-state index contributed by atoms with van der Waals surface area (Å²) >= 11 is 0. The van der Waals surface area contributed by atoms with Gasteiger partial charge in [-0.15, -0.1) is 0 Å². The zero-order valence-electron chi connectivity index (χ0n) is 14.8. The molecule has 0 fully saturated rings. The van der Waals surface area contributed by atoms with Crippen LogP contribution in [0, 0.1) is 24.0 Å². The summed E-state index contributed by atoms with van der Waals surface area (Å²) in [6, 6.07) is 11.5. The first kappa shape index (κ1) is 18.9. The largest absolute Gasteiger partial charge is 0.460 e. The number of nitrogens with zero attached hydrogens (tertiary/aromatic N) is 2. The van der Waals surface area contributed by atoms with Gasteiger partial charge in [-0.1, -0.05) is 18.2 Å². The Morgan fingerprint density at radius 3 is 2.31 bits per heavy atom. The highest BCUT2D eigenvalue weighted by atomic mass is 16.6. The fraction of sp³-hybridized carbons (Fsp3) is 0.222. The molecule has 2 aromatic rings. The number of ether oxygens (including phenoxy) is 1. The number of hydrogen-bond donors (Lipinski definition) is 2. The highest BCUT2D eigenvalue weighted by Gasteiger charge is 2.14. The van der Waals surface area contributed by atoms with Crippen LogP contribution in [-0.2, 0) is 9.53 Å². The summed E-state index contributed by atoms with van der Waals surface area (Å²) in [5, 5.41) is 10.7. The lowest BCUT2D eigenvalue weighted by Gasteiger charge is -2.13. The number of amidine groups is 1. The smallest absolute Gasteiger partial charge is 0.375 e. The van der Waals surface area contributed by atoms with Crippen molar-refractivity contribution in [3.63, 3.8) is 0 Å². The van der Waals surface area contributed by atoms with Crippen molar-refractivity contribution in [3.05, 3.63) is 63.7 Å². The van der Waals surface area contributed by atoms with Gasteiger partial charge in [0.15, 0.2) is 0 Å². The molecule has 0 unspecified atom stereocenters. The number of esters is 1. The predicted octanol–water partition coefficient (Wildman–Crippen LogP) is 3.42. The number of para-hydroxylation sites is 1. The van der Waals surface area contributed by atoms with E-state index in [1.165, 1.54) is 24.3 Å². The van der Waals surface area contributed by atoms with E-state index in [4.69, 9.17) is 4.74 Å². The van der Waals surface area contributed by atoms with E-state index in [0.717, 1.165) is 11.1 Å². The molecule has 2 aromatic carbocycles. The fourth-order valence-electron chi connectivity index (χ4n) is 2.22. The van der Waals surface area contributed by atoms with Crippen LogP contribution in [0.4, 0.5) is 17.1 Å². The van der Waals surface area contributed by atoms with Crippen molar-refractivity contribution < 1.29 is 14.5 Å². The second-order valence-corrected chi connectivity index (χ2v) is 5.48. The summed E-state index contributed by atoms with van der Waals surface area (Å²) in [7, 11) is 0. The molecule has 0 saturated carbocycles. The number of carbonyl (C=O) groups excluding carboxylic acids is 1. The maximum Gasteiger partial charge on any atom is 0.375 e. The van der Waals surface area contributed by atoms with Crippen molar-refractivity contribution in [1.29, 1.82) is 0 Å². The Bertz CT molecular complexity index is 811. The van der Waals surface area contributed by atoms with Crippen LogP contribution in [0.25, 0.3) is 0 Å². The topological polar surface area (TPSA) is 106 Å². The van der Waals surface area contributed by atoms with Gasteiger partial charge in [-0.2, -0.15) is 0 Å². The summed E-state index contributed by atoms with van der Waals surface area (Å²) in [5.41, 5.74) is 8.56. The van der Waals surface area contributed by atoms with Crippen molar-refractivity contribution in [2.75, 3.05) is 12.0 Å². The summed E-state index contributed by atoms with van der Waals surface area (Å²) in [6.07, 6.45) is 0. The van der Waals surface area contributed by atoms with Gasteiger partial charge in [-0.05, 0) is 44.0 Å². The molecule has 0 heterocycles. The second kappa shape index (κ2) is 8.61. The third-order valence-corrected chi connectivity index (χ3v) is 3.54. The molecule has 8 nitrogen and oxygen atoms in total. The number of nitrogens with one attached hydrogen (secondary N) is 2. The van der Waals surface area contributed by atoms with Gasteiger partial charge < -0.3 is 4.74 Å². The van der Waals surface area contributed by atoms with Crippen LogP contribution in [0.15, 0.2) is 47.5 Å². The minimum atomic E-state index is -0.607. The SMILES string of the molecule is CCOC(=O)C(=Nc1c(C)cccc1C)NNc1ccc([N+](=O)[O-])cc1. The van der Waals surface area contributed by atoms with E-state index in [1.807, 2.05) is 32.0 Å². The molecule has 0 aliphatic rings. The Hall–Kier alpha value is -3.42. The molecule has 0 atom stereocenters. The number of carbonyl (C=O) groups is 1. The minimum absolute atomic E-state index is 0.0115. The Balaban J connectivity index is 2.24. The standard InChI is InChI=1S/C18H20N4O4/c1-4-26-18(23)17(19-16-12(2)6-5-7-13(16)3)21-20-14-8-10-15(11-9-14)22(24)25/h5-11,20H,4H2,1-3H3,(H,19,21). The Kier molecular flexibility index (Phi) is 6.26. The lowest BCUT2D eigenvalue weighted by atomic mass is 10.1. The molecule has 0 bridgehead atoms. The van der Waals surface area contributed by atoms with Crippen molar-refractivity contribution in [2.45, 2.75) is 20.8 Å². The molecule has 0 spiro atoms. The van der Waals surface area contributed by atoms with Gasteiger partial charge in [0.25, 0.3) is 5.69 Å². The first-order valence-electron chi connectivity index (χ1n) is 8.01. The van der Waals surface area contributed by atoms with Crippen LogP contribution < -0.4 is 10.9 Å². The monoisotopic (exact) mass is 356 g/mol. The zero-order chi connectivity index (χ0) is 19.1. The van der Waals surface area contributed by atoms with Gasteiger partial charge >= 0.3 is 5.97 Å². The van der Waals surface area contributed by atoms with Crippen LogP contribution in [0.3, 0.4) is 0 Å². The molecule has 136 valence electrons. The first-order chi connectivity index (χ1) is 12.4. The number of nitro benzene ring substituents is 1. The Labute approximate surface area is 151 Å². The summed E-state index contributed by atoms with van der Waals surface area (Å²) in [4.78, 5) is 26.8. The van der Waals surface area contributed by atoms with E-state index < -0.39 is 10.9 Å². The lowest BCUT2D eigenvalue weighted by molar-refractivity contribution is -0.384. The van der Waals surface area contributed by atoms with E-state index in [1.54, 1.807) is 6.92 Å². The van der Waals surface area contributed by atoms with E-state index in [0.29, 0.717) is 11.4 Å². The van der Waals surface area contributed by atoms with Gasteiger partial charge in [0.2, 0.25) is 5.84 Å². The van der Waals surface area contributed by atoms with Crippen molar-refractivity contribution >= 4 is 28.9 Å². The van der Waals surface area contributed by atoms with Gasteiger partial charge in [0, 0.05) is 12.1 Å². The number of aryl methyl sites for hydroxylation is 2. The highest BCUT2D eigenvalue weighted by molar-refractivity contribution is 6.36. The lowest BCUT2D eigenvalue weighted by Crippen LogP contribution is -2.36. The normalized spacial score (nSPS) is 11.0. The van der Waals surface area contributed by atoms with Crippen molar-refractivity contribution in [2.24, 2.45) is 4.99 Å². The second-order valence-electron chi connectivity index (χ2n) is 5.48. The van der Waals surface area contributed by atoms with E-state index >= 15 is 0 Å². The maximum absolute atomic E-state index is 12.2. The maximum atomic E-state index is 12.2. The molecule has 0 aromatic heterocycles. The quantitative estimate of drug-likeness (QED) is 0.279. The van der Waals surface area contributed by atoms with Crippen molar-refractivity contribution in [1.82, 2.24) is 5.43 Å². The number of nitro groups is 1. The van der Waals surface area contributed by atoms with Crippen molar-refractivity contribution in [3.8, 4) is 0 Å². The summed E-state index contributed by atoms with van der Waals surface area (Å²) < 4.78 is 5.03. The highest BCUT2D eigenvalue weighted by Crippen LogP contribution is 2.23. The minimum Gasteiger partial charge on any atom is -0.460 e. The Morgan fingerprint density at radius 1 is 1.15 bits per heavy atom. The number of hydrazine groups is 1. The summed E-state index contributed by atoms with van der Waals surface area (Å²) in [5.74, 6) is -0.618. The van der Waals surface area contributed by atoms with E-state index in [9.17, 15) is 14.9 Å². The number of aliphatic imine (C=N–C) groups is 1. The van der Waals surface area contributed by atoms with Crippen LogP contribution in [-0.4, -0.2) is 23.3 Å². The van der Waals surface area contributed by atoms with Crippen LogP contribution in [0.2, 0.25) is 0 Å².